The summed E-state index contributed by atoms with van der Waals surface area (Å²) in [5, 5.41) is 0.281. The number of hydrogen-bond donors (Lipinski definition) is 0. The maximum atomic E-state index is 11.7. The number of ether oxygens (including phenoxy) is 1. The van der Waals surface area contributed by atoms with Crippen molar-refractivity contribution in [1.82, 2.24) is 14.7 Å². The SMILES string of the molecule is COC(=O)C1=CCCN(CCN2CCN(CCO[Si](C)(C)C(C)(C)C)CC2)C1. The molecule has 0 atom stereocenters. The maximum Gasteiger partial charge on any atom is 0.334 e. The predicted molar refractivity (Wildman–Crippen MR) is 117 cm³/mol. The topological polar surface area (TPSA) is 45.2 Å². The number of piperazine rings is 1. The van der Waals surface area contributed by atoms with E-state index < -0.39 is 8.32 Å². The summed E-state index contributed by atoms with van der Waals surface area (Å²) in [7, 11) is -0.174. The number of hydrogen-bond acceptors (Lipinski definition) is 6. The molecule has 1 saturated heterocycles. The van der Waals surface area contributed by atoms with Crippen molar-refractivity contribution in [2.24, 2.45) is 0 Å². The first-order valence-electron chi connectivity index (χ1n) is 10.7. The largest absolute Gasteiger partial charge is 0.466 e. The maximum absolute atomic E-state index is 11.7. The number of methoxy groups -OCH3 is 1. The lowest BCUT2D eigenvalue weighted by Gasteiger charge is -2.38. The number of carbonyl (C=O) groups excluding carboxylic acids is 1. The summed E-state index contributed by atoms with van der Waals surface area (Å²) >= 11 is 0. The fourth-order valence-electron chi connectivity index (χ4n) is 3.44. The second-order valence-corrected chi connectivity index (χ2v) is 14.4. The average molecular weight is 412 g/mol. The Morgan fingerprint density at radius 1 is 1.00 bits per heavy atom. The molecule has 0 spiro atoms. The fraction of sp³-hybridized carbons (Fsp3) is 0.857. The molecular weight excluding hydrogens is 370 g/mol. The summed E-state index contributed by atoms with van der Waals surface area (Å²) in [6.45, 7) is 21.8. The minimum Gasteiger partial charge on any atom is -0.466 e. The quantitative estimate of drug-likeness (QED) is 0.452. The summed E-state index contributed by atoms with van der Waals surface area (Å²) in [6, 6.07) is 0. The number of nitrogens with zero attached hydrogens (tertiary/aromatic N) is 3. The summed E-state index contributed by atoms with van der Waals surface area (Å²) in [6.07, 6.45) is 2.96. The molecule has 0 saturated carbocycles. The van der Waals surface area contributed by atoms with E-state index in [1.165, 1.54) is 7.11 Å². The van der Waals surface area contributed by atoms with Crippen LogP contribution in [0.15, 0.2) is 11.6 Å². The van der Waals surface area contributed by atoms with Gasteiger partial charge in [0.25, 0.3) is 0 Å². The second-order valence-electron chi connectivity index (χ2n) is 9.58. The molecule has 0 aromatic rings. The monoisotopic (exact) mass is 411 g/mol. The van der Waals surface area contributed by atoms with Crippen LogP contribution in [-0.4, -0.2) is 102 Å². The molecule has 162 valence electrons. The van der Waals surface area contributed by atoms with E-state index in [1.54, 1.807) is 0 Å². The zero-order chi connectivity index (χ0) is 20.8. The second kappa shape index (κ2) is 10.3. The van der Waals surface area contributed by atoms with Gasteiger partial charge in [0.1, 0.15) is 0 Å². The smallest absolute Gasteiger partial charge is 0.334 e. The lowest BCUT2D eigenvalue weighted by molar-refractivity contribution is -0.136. The average Bonchev–Trinajstić information content (AvgIpc) is 2.66. The zero-order valence-corrected chi connectivity index (χ0v) is 19.9. The van der Waals surface area contributed by atoms with Gasteiger partial charge in [-0.2, -0.15) is 0 Å². The van der Waals surface area contributed by atoms with Crippen molar-refractivity contribution >= 4 is 14.3 Å². The van der Waals surface area contributed by atoms with Gasteiger partial charge in [0.15, 0.2) is 8.32 Å². The van der Waals surface area contributed by atoms with Crippen LogP contribution < -0.4 is 0 Å². The summed E-state index contributed by atoms with van der Waals surface area (Å²) in [5.74, 6) is -0.182. The van der Waals surface area contributed by atoms with Crippen LogP contribution in [0.5, 0.6) is 0 Å². The van der Waals surface area contributed by atoms with Gasteiger partial charge in [0.05, 0.1) is 7.11 Å². The lowest BCUT2D eigenvalue weighted by Crippen LogP contribution is -2.50. The highest BCUT2D eigenvalue weighted by atomic mass is 28.4. The molecule has 0 radical (unpaired) electrons. The van der Waals surface area contributed by atoms with Crippen molar-refractivity contribution in [2.45, 2.75) is 45.3 Å². The third kappa shape index (κ3) is 6.95. The van der Waals surface area contributed by atoms with Crippen LogP contribution in [0.25, 0.3) is 0 Å². The van der Waals surface area contributed by atoms with Gasteiger partial charge in [0, 0.05) is 71.1 Å². The van der Waals surface area contributed by atoms with E-state index in [0.29, 0.717) is 0 Å². The number of rotatable bonds is 8. The molecule has 2 heterocycles. The standard InChI is InChI=1S/C21H41N3O3Si/c1-21(2,3)28(5,6)27-17-16-23-12-10-22(11-13-23)14-15-24-9-7-8-19(18-24)20(25)26-4/h8H,7,9-18H2,1-6H3. The third-order valence-corrected chi connectivity index (χ3v) is 11.1. The first-order valence-corrected chi connectivity index (χ1v) is 13.6. The van der Waals surface area contributed by atoms with Crippen molar-refractivity contribution in [2.75, 3.05) is 72.6 Å². The number of esters is 1. The Labute approximate surface area is 173 Å². The Morgan fingerprint density at radius 3 is 2.14 bits per heavy atom. The van der Waals surface area contributed by atoms with Crippen molar-refractivity contribution in [3.63, 3.8) is 0 Å². The van der Waals surface area contributed by atoms with Crippen molar-refractivity contribution < 1.29 is 14.0 Å². The Balaban J connectivity index is 1.62. The Kier molecular flexibility index (Phi) is 8.70. The minimum absolute atomic E-state index is 0.182. The van der Waals surface area contributed by atoms with Crippen LogP contribution >= 0.6 is 0 Å². The van der Waals surface area contributed by atoms with Gasteiger partial charge in [-0.05, 0) is 24.6 Å². The van der Waals surface area contributed by atoms with E-state index in [0.717, 1.165) is 77.5 Å². The summed E-state index contributed by atoms with van der Waals surface area (Å²) in [4.78, 5) is 19.2. The fourth-order valence-corrected chi connectivity index (χ4v) is 4.48. The van der Waals surface area contributed by atoms with E-state index >= 15 is 0 Å². The van der Waals surface area contributed by atoms with Gasteiger partial charge in [0.2, 0.25) is 0 Å². The predicted octanol–water partition coefficient (Wildman–Crippen LogP) is 2.43. The molecule has 2 aliphatic heterocycles. The normalized spacial score (nSPS) is 20.9. The molecule has 1 fully saturated rings. The van der Waals surface area contributed by atoms with Crippen molar-refractivity contribution in [3.05, 3.63) is 11.6 Å². The molecule has 0 amide bonds. The molecule has 2 aliphatic rings. The van der Waals surface area contributed by atoms with Crippen molar-refractivity contribution in [1.29, 1.82) is 0 Å². The zero-order valence-electron chi connectivity index (χ0n) is 18.9. The van der Waals surface area contributed by atoms with Crippen LogP contribution in [0, 0.1) is 0 Å². The van der Waals surface area contributed by atoms with Gasteiger partial charge in [-0.25, -0.2) is 4.79 Å². The van der Waals surface area contributed by atoms with Crippen LogP contribution in [0.4, 0.5) is 0 Å². The van der Waals surface area contributed by atoms with Crippen LogP contribution in [0.3, 0.4) is 0 Å². The molecule has 28 heavy (non-hydrogen) atoms. The van der Waals surface area contributed by atoms with Crippen LogP contribution in [0.2, 0.25) is 18.1 Å². The molecule has 0 bridgehead atoms. The van der Waals surface area contributed by atoms with Gasteiger partial charge in [-0.15, -0.1) is 0 Å². The molecule has 0 aromatic heterocycles. The highest BCUT2D eigenvalue weighted by Crippen LogP contribution is 2.36. The lowest BCUT2D eigenvalue weighted by atomic mass is 10.1. The molecule has 2 rings (SSSR count). The molecule has 0 N–H and O–H groups in total. The van der Waals surface area contributed by atoms with Crippen molar-refractivity contribution in [3.8, 4) is 0 Å². The molecule has 7 heteroatoms. The highest BCUT2D eigenvalue weighted by molar-refractivity contribution is 6.74. The van der Waals surface area contributed by atoms with E-state index in [-0.39, 0.29) is 11.0 Å². The Morgan fingerprint density at radius 2 is 1.57 bits per heavy atom. The molecular formula is C21H41N3O3Si. The molecule has 0 aromatic carbocycles. The first kappa shape index (κ1) is 23.5. The van der Waals surface area contributed by atoms with Gasteiger partial charge >= 0.3 is 5.97 Å². The molecule has 0 unspecified atom stereocenters. The molecule has 6 nitrogen and oxygen atoms in total. The summed E-state index contributed by atoms with van der Waals surface area (Å²) < 4.78 is 11.2. The van der Waals surface area contributed by atoms with Gasteiger partial charge < -0.3 is 9.16 Å². The van der Waals surface area contributed by atoms with E-state index in [1.807, 2.05) is 6.08 Å². The van der Waals surface area contributed by atoms with E-state index in [9.17, 15) is 4.79 Å². The van der Waals surface area contributed by atoms with Gasteiger partial charge in [-0.1, -0.05) is 26.8 Å². The first-order chi connectivity index (χ1) is 13.1. The Bertz CT molecular complexity index is 538. The van der Waals surface area contributed by atoms with E-state index in [4.69, 9.17) is 9.16 Å². The number of carbonyl (C=O) groups is 1. The van der Waals surface area contributed by atoms with Gasteiger partial charge in [-0.3, -0.25) is 14.7 Å². The van der Waals surface area contributed by atoms with E-state index in [2.05, 4.69) is 48.6 Å². The van der Waals surface area contributed by atoms with Crippen LogP contribution in [-0.2, 0) is 14.0 Å². The van der Waals surface area contributed by atoms with Crippen LogP contribution in [0.1, 0.15) is 27.2 Å². The molecule has 0 aliphatic carbocycles. The minimum atomic E-state index is -1.63. The highest BCUT2D eigenvalue weighted by Gasteiger charge is 2.37. The summed E-state index contributed by atoms with van der Waals surface area (Å²) in [5.41, 5.74) is 0.806. The third-order valence-electron chi connectivity index (χ3n) is 6.55. The Hall–Kier alpha value is -0.733.